The molecule has 3 heterocycles. The molecule has 6 fully saturated rings. The average Bonchev–Trinajstić information content (AvgIpc) is 1.17. The Bertz CT molecular complexity index is 3290. The van der Waals surface area contributed by atoms with Crippen LogP contribution in [0.1, 0.15) is 183 Å². The first-order valence-corrected chi connectivity index (χ1v) is 38.8. The van der Waals surface area contributed by atoms with Gasteiger partial charge in [-0.15, -0.1) is 0 Å². The molecule has 0 aromatic heterocycles. The van der Waals surface area contributed by atoms with Crippen LogP contribution in [0.3, 0.4) is 0 Å². The minimum atomic E-state index is -5.24. The van der Waals surface area contributed by atoms with E-state index in [0.29, 0.717) is 32.1 Å². The number of carbonyl (C=O) groups is 12. The number of amides is 12. The first-order valence-electron chi connectivity index (χ1n) is 38.8. The molecular weight excluding hydrogens is 1440 g/mol. The zero-order valence-corrected chi connectivity index (χ0v) is 65.8. The maximum Gasteiger partial charge on any atom is 0.397 e. The van der Waals surface area contributed by atoms with E-state index in [1.807, 2.05) is 13.8 Å². The molecule has 12 atom stereocenters. The van der Waals surface area contributed by atoms with Crippen LogP contribution in [0.15, 0.2) is 12.2 Å². The first-order chi connectivity index (χ1) is 50.8. The Morgan fingerprint density at radius 3 is 1.80 bits per heavy atom. The highest BCUT2D eigenvalue weighted by Crippen LogP contribution is 2.50. The summed E-state index contributed by atoms with van der Waals surface area (Å²) in [4.78, 5) is 191. The molecule has 0 radical (unpaired) electrons. The van der Waals surface area contributed by atoms with Crippen molar-refractivity contribution < 1.29 is 97.0 Å². The van der Waals surface area contributed by atoms with Gasteiger partial charge in [0, 0.05) is 68.8 Å². The number of rotatable bonds is 12. The smallest absolute Gasteiger partial charge is 0.344 e. The number of fused-ring (bicyclic) bond motifs is 3. The highest BCUT2D eigenvalue weighted by atomic mass is 19.4. The summed E-state index contributed by atoms with van der Waals surface area (Å²) >= 11 is 0. The third kappa shape index (κ3) is 21.5. The number of nitrogens with zero attached hydrogens (tertiary/aromatic N) is 9. The first kappa shape index (κ1) is 89.0. The van der Waals surface area contributed by atoms with Gasteiger partial charge in [0.25, 0.3) is 0 Å². The molecule has 109 heavy (non-hydrogen) atoms. The second kappa shape index (κ2) is 36.9. The van der Waals surface area contributed by atoms with E-state index < -0.39 is 255 Å². The molecule has 7 rings (SSSR count). The van der Waals surface area contributed by atoms with Gasteiger partial charge in [-0.1, -0.05) is 73.0 Å². The van der Waals surface area contributed by atoms with Gasteiger partial charge in [0.05, 0.1) is 32.0 Å². The lowest BCUT2D eigenvalue weighted by molar-refractivity contribution is -0.219. The fourth-order valence-corrected chi connectivity index (χ4v) is 17.7. The fourth-order valence-electron chi connectivity index (χ4n) is 17.7. The Hall–Kier alpha value is -7.25. The second-order valence-electron chi connectivity index (χ2n) is 33.5. The highest BCUT2D eigenvalue weighted by molar-refractivity contribution is 6.01. The molecule has 2 saturated heterocycles. The van der Waals surface area contributed by atoms with Gasteiger partial charge in [-0.2, -0.15) is 26.3 Å². The maximum atomic E-state index is 16.3. The summed E-state index contributed by atoms with van der Waals surface area (Å²) in [6, 6.07) is -12.0. The lowest BCUT2D eigenvalue weighted by Gasteiger charge is -2.54. The summed E-state index contributed by atoms with van der Waals surface area (Å²) in [6.45, 7) is 9.94. The predicted molar refractivity (Wildman–Crippen MR) is 384 cm³/mol. The van der Waals surface area contributed by atoms with Crippen molar-refractivity contribution in [1.82, 2.24) is 60.0 Å². The molecule has 4 aliphatic carbocycles. The third-order valence-electron chi connectivity index (χ3n) is 24.3. The molecule has 4 saturated carbocycles. The van der Waals surface area contributed by atoms with Gasteiger partial charge in [-0.05, 0) is 145 Å². The van der Waals surface area contributed by atoms with E-state index in [4.69, 9.17) is 0 Å². The quantitative estimate of drug-likeness (QED) is 0.128. The van der Waals surface area contributed by atoms with Crippen LogP contribution in [-0.2, 0) is 57.5 Å². The van der Waals surface area contributed by atoms with Crippen LogP contribution < -0.4 is 16.0 Å². The van der Waals surface area contributed by atoms with Crippen LogP contribution in [0.4, 0.5) is 39.5 Å². The summed E-state index contributed by atoms with van der Waals surface area (Å²) in [5.74, 6) is -17.9. The molecule has 24 nitrogen and oxygen atoms in total. The number of hydrogen-bond donors (Lipinski definition) is 3. The maximum absolute atomic E-state index is 16.3. The van der Waals surface area contributed by atoms with Crippen molar-refractivity contribution in [3.63, 3.8) is 0 Å². The Labute approximate surface area is 634 Å². The highest BCUT2D eigenvalue weighted by Gasteiger charge is 2.60. The third-order valence-corrected chi connectivity index (χ3v) is 24.3. The Morgan fingerprint density at radius 1 is 0.633 bits per heavy atom. The lowest BCUT2D eigenvalue weighted by atomic mass is 9.58. The van der Waals surface area contributed by atoms with Crippen LogP contribution in [0.25, 0.3) is 0 Å². The van der Waals surface area contributed by atoms with Crippen molar-refractivity contribution in [3.8, 4) is 0 Å². The molecule has 7 aliphatic rings. The number of halogens is 9. The summed E-state index contributed by atoms with van der Waals surface area (Å²) in [5.41, 5.74) is -2.50. The minimum Gasteiger partial charge on any atom is -0.344 e. The number of nitrogens with one attached hydrogen (secondary N) is 3. The standard InChI is InChI=1S/C76H117F9N12O12/c1-15-44(5)62-70(107)91(10)40-60(100)92(11)53-24-18-17-21-31-96(69(53)106)57(35-45-25-28-48(29-26-45)75(80,81)82)68(105)90(9)39-58(98)86-52(30-27-46-33-50(78)61(51(79)34-46)76(83,84)85)66(103)97-38-49(77)36-55(97)65(102)88-74(41-73(6,7)42-74)72(109)95(14)63(47-22-19-20-23-47)71(108)94(13)56(67(104)89(8)16-2)37-59(99)93(12)54(32-43(3)4)64(101)87-62/h17-18,43-57,61-63H,15-16,19-42H2,1-14H3,(H,86,98)(H,87,101)(H,88,102)/b18-17-/t44-,45?,46?,48?,49+,50?,51?,52-,53-,54-,55-,56-,57-,61?,62-,63-/m0/s1. The van der Waals surface area contributed by atoms with Crippen molar-refractivity contribution in [2.45, 2.75) is 268 Å². The summed E-state index contributed by atoms with van der Waals surface area (Å²) in [5, 5.41) is 8.21. The number of likely N-dealkylation sites (N-methyl/N-ethyl adjacent to an activating group) is 7. The Kier molecular flexibility index (Phi) is 30.1. The number of hydrogen-bond acceptors (Lipinski definition) is 12. The van der Waals surface area contributed by atoms with E-state index >= 15 is 46.7 Å². The normalized spacial score (nSPS) is 32.3. The van der Waals surface area contributed by atoms with Gasteiger partial charge >= 0.3 is 12.4 Å². The van der Waals surface area contributed by atoms with Crippen molar-refractivity contribution >= 4 is 70.9 Å². The Morgan fingerprint density at radius 2 is 1.24 bits per heavy atom. The molecule has 3 N–H and O–H groups in total. The van der Waals surface area contributed by atoms with Gasteiger partial charge in [0.1, 0.15) is 78.3 Å². The van der Waals surface area contributed by atoms with Gasteiger partial charge in [-0.25, -0.2) is 13.2 Å². The van der Waals surface area contributed by atoms with E-state index in [1.54, 1.807) is 46.8 Å². The zero-order valence-electron chi connectivity index (χ0n) is 65.8. The van der Waals surface area contributed by atoms with Gasteiger partial charge in [0.2, 0.25) is 70.9 Å². The van der Waals surface area contributed by atoms with Crippen LogP contribution in [0, 0.1) is 46.8 Å². The van der Waals surface area contributed by atoms with Crippen LogP contribution >= 0.6 is 0 Å². The van der Waals surface area contributed by atoms with Gasteiger partial charge in [0.15, 0.2) is 0 Å². The molecule has 2 unspecified atom stereocenters. The second-order valence-corrected chi connectivity index (χ2v) is 33.5. The monoisotopic (exact) mass is 1560 g/mol. The summed E-state index contributed by atoms with van der Waals surface area (Å²) in [7, 11) is 9.34. The largest absolute Gasteiger partial charge is 0.397 e. The van der Waals surface area contributed by atoms with E-state index in [-0.39, 0.29) is 83.2 Å². The molecule has 616 valence electrons. The summed E-state index contributed by atoms with van der Waals surface area (Å²) in [6.07, 6.45) is -16.1. The minimum absolute atomic E-state index is 0.0253. The molecular formula is C76H117F9N12O12. The van der Waals surface area contributed by atoms with Crippen molar-refractivity contribution in [1.29, 1.82) is 0 Å². The lowest BCUT2D eigenvalue weighted by Crippen LogP contribution is -2.71. The molecule has 2 bridgehead atoms. The zero-order chi connectivity index (χ0) is 81.4. The van der Waals surface area contributed by atoms with Crippen LogP contribution in [0.2, 0.25) is 0 Å². The van der Waals surface area contributed by atoms with E-state index in [2.05, 4.69) is 16.0 Å². The predicted octanol–water partition coefficient (Wildman–Crippen LogP) is 7.31. The number of alkyl halides is 9. The molecule has 1 spiro atoms. The van der Waals surface area contributed by atoms with Gasteiger partial charge < -0.3 is 60.0 Å². The molecule has 0 aromatic rings. The molecule has 12 amide bonds. The van der Waals surface area contributed by atoms with Crippen LogP contribution in [0.5, 0.6) is 0 Å². The molecule has 33 heteroatoms. The van der Waals surface area contributed by atoms with Gasteiger partial charge in [-0.3, -0.25) is 57.5 Å². The molecule has 3 aliphatic heterocycles. The van der Waals surface area contributed by atoms with E-state index in [9.17, 15) is 50.3 Å². The van der Waals surface area contributed by atoms with Crippen molar-refractivity contribution in [2.24, 2.45) is 46.8 Å². The average molecular weight is 1560 g/mol. The van der Waals surface area contributed by atoms with Crippen molar-refractivity contribution in [3.05, 3.63) is 12.2 Å². The number of carbonyl (C=O) groups excluding carboxylic acids is 12. The SMILES string of the molecule is CC[C@H](C)[C@@H]1NC(=O)[C@H](CC(C)C)N(C)C(=O)C[C@@H](C(=O)N(C)CC)N(C)C(=O)[C@H](C2CCCC2)N(C)C(=O)C2(CC(C)(C)C2)NC(=O)[C@@H]2C[C@@H](F)CN2C(=O)[C@H](CCC2CC(F)C(C(F)(F)F)C(F)C2)NC(=O)CN(C)C(=O)[C@H](CC2CCC(C(F)(F)F)CC2)N2CC/C=C\C[C@@H](C2=O)N(C)C(=O)CN(C)C1=O. The fraction of sp³-hybridized carbons (Fsp3) is 0.816. The van der Waals surface area contributed by atoms with Crippen molar-refractivity contribution in [2.75, 3.05) is 82.1 Å². The summed E-state index contributed by atoms with van der Waals surface area (Å²) < 4.78 is 131. The van der Waals surface area contributed by atoms with E-state index in [0.717, 1.165) is 29.4 Å². The Balaban J connectivity index is 1.33. The van der Waals surface area contributed by atoms with Crippen LogP contribution in [-0.4, -0.2) is 282 Å². The van der Waals surface area contributed by atoms with E-state index in [1.165, 1.54) is 64.0 Å². The topological polar surface area (TPSA) is 270 Å². The molecule has 0 aromatic carbocycles.